The first-order chi connectivity index (χ1) is 7.72. The van der Waals surface area contributed by atoms with Crippen LogP contribution in [0.3, 0.4) is 0 Å². The van der Waals surface area contributed by atoms with E-state index in [1.165, 1.54) is 6.08 Å². The Morgan fingerprint density at radius 1 is 1.62 bits per heavy atom. The molecule has 1 fully saturated rings. The standard InChI is InChI=1S/C12H16O4/c1-15-12-5-4-10(14)7-11(12)9(8-13)3-2-6-16-12/h4-5,8-9,11H,2-3,6-7H2,1H3/t9-,11+,12+/m1/s1. The summed E-state index contributed by atoms with van der Waals surface area (Å²) in [5.74, 6) is -1.18. The van der Waals surface area contributed by atoms with Gasteiger partial charge in [0, 0.05) is 25.4 Å². The van der Waals surface area contributed by atoms with Crippen LogP contribution in [-0.4, -0.2) is 31.6 Å². The van der Waals surface area contributed by atoms with E-state index in [2.05, 4.69) is 0 Å². The highest BCUT2D eigenvalue weighted by atomic mass is 16.7. The quantitative estimate of drug-likeness (QED) is 0.659. The first kappa shape index (κ1) is 11.5. The molecule has 4 nitrogen and oxygen atoms in total. The number of carbonyl (C=O) groups is 2. The number of ketones is 1. The maximum Gasteiger partial charge on any atom is 0.191 e. The number of carbonyl (C=O) groups excluding carboxylic acids is 2. The fraction of sp³-hybridized carbons (Fsp3) is 0.667. The summed E-state index contributed by atoms with van der Waals surface area (Å²) in [6.45, 7) is 0.563. The largest absolute Gasteiger partial charge is 0.349 e. The van der Waals surface area contributed by atoms with E-state index in [9.17, 15) is 9.59 Å². The Labute approximate surface area is 94.6 Å². The number of hydrogen-bond acceptors (Lipinski definition) is 4. The zero-order chi connectivity index (χ0) is 11.6. The summed E-state index contributed by atoms with van der Waals surface area (Å²) < 4.78 is 11.1. The van der Waals surface area contributed by atoms with Gasteiger partial charge in [-0.1, -0.05) is 0 Å². The molecule has 0 saturated carbocycles. The second-order valence-corrected chi connectivity index (χ2v) is 4.33. The van der Waals surface area contributed by atoms with Gasteiger partial charge in [0.25, 0.3) is 0 Å². The number of methoxy groups -OCH3 is 1. The van der Waals surface area contributed by atoms with Crippen molar-refractivity contribution in [2.75, 3.05) is 13.7 Å². The normalized spacial score (nSPS) is 38.9. The van der Waals surface area contributed by atoms with Crippen LogP contribution in [0.4, 0.5) is 0 Å². The number of fused-ring (bicyclic) bond motifs is 1. The van der Waals surface area contributed by atoms with Gasteiger partial charge in [0.05, 0.1) is 6.61 Å². The molecule has 2 aliphatic rings. The molecule has 4 heteroatoms. The summed E-state index contributed by atoms with van der Waals surface area (Å²) in [7, 11) is 1.56. The van der Waals surface area contributed by atoms with Gasteiger partial charge < -0.3 is 14.3 Å². The molecule has 0 aromatic carbocycles. The molecule has 1 heterocycles. The predicted molar refractivity (Wildman–Crippen MR) is 56.7 cm³/mol. The van der Waals surface area contributed by atoms with Crippen molar-refractivity contribution in [2.45, 2.75) is 25.0 Å². The Hall–Kier alpha value is -1.00. The molecular formula is C12H16O4. The molecule has 88 valence electrons. The van der Waals surface area contributed by atoms with E-state index in [4.69, 9.17) is 9.47 Å². The molecule has 2 rings (SSSR count). The van der Waals surface area contributed by atoms with E-state index >= 15 is 0 Å². The third-order valence-corrected chi connectivity index (χ3v) is 3.46. The molecule has 16 heavy (non-hydrogen) atoms. The van der Waals surface area contributed by atoms with Gasteiger partial charge in [-0.2, -0.15) is 0 Å². The van der Waals surface area contributed by atoms with Gasteiger partial charge in [0.15, 0.2) is 11.6 Å². The summed E-state index contributed by atoms with van der Waals surface area (Å²) in [6, 6.07) is 0. The van der Waals surface area contributed by atoms with E-state index in [1.807, 2.05) is 0 Å². The lowest BCUT2D eigenvalue weighted by Crippen LogP contribution is -2.46. The molecule has 1 saturated heterocycles. The SMILES string of the molecule is CO[C@]12C=CC(=O)C[C@H]1[C@@H](C=O)CCCO2. The van der Waals surface area contributed by atoms with Gasteiger partial charge >= 0.3 is 0 Å². The van der Waals surface area contributed by atoms with Crippen LogP contribution >= 0.6 is 0 Å². The fourth-order valence-corrected chi connectivity index (χ4v) is 2.56. The molecule has 0 bridgehead atoms. The molecule has 0 radical (unpaired) electrons. The van der Waals surface area contributed by atoms with Crippen LogP contribution in [0.25, 0.3) is 0 Å². The highest BCUT2D eigenvalue weighted by Gasteiger charge is 2.46. The lowest BCUT2D eigenvalue weighted by atomic mass is 9.77. The molecule has 1 aliphatic carbocycles. The number of hydrogen-bond donors (Lipinski definition) is 0. The minimum Gasteiger partial charge on any atom is -0.349 e. The molecular weight excluding hydrogens is 208 g/mol. The third kappa shape index (κ3) is 1.83. The van der Waals surface area contributed by atoms with Gasteiger partial charge in [-0.15, -0.1) is 0 Å². The van der Waals surface area contributed by atoms with Crippen LogP contribution in [-0.2, 0) is 19.1 Å². The lowest BCUT2D eigenvalue weighted by Gasteiger charge is -2.39. The molecule has 0 aromatic heterocycles. The number of rotatable bonds is 2. The van der Waals surface area contributed by atoms with Gasteiger partial charge in [0.1, 0.15) is 6.29 Å². The molecule has 0 unspecified atom stereocenters. The van der Waals surface area contributed by atoms with Crippen molar-refractivity contribution < 1.29 is 19.1 Å². The van der Waals surface area contributed by atoms with Crippen molar-refractivity contribution in [3.8, 4) is 0 Å². The van der Waals surface area contributed by atoms with Crippen molar-refractivity contribution >= 4 is 12.1 Å². The van der Waals surface area contributed by atoms with Crippen molar-refractivity contribution in [3.05, 3.63) is 12.2 Å². The second kappa shape index (κ2) is 4.47. The average molecular weight is 224 g/mol. The Kier molecular flexibility index (Phi) is 3.21. The summed E-state index contributed by atoms with van der Waals surface area (Å²) >= 11 is 0. The molecule has 3 atom stereocenters. The van der Waals surface area contributed by atoms with Crippen molar-refractivity contribution in [3.63, 3.8) is 0 Å². The minimum atomic E-state index is -0.879. The number of allylic oxidation sites excluding steroid dienone is 1. The molecule has 0 amide bonds. The predicted octanol–water partition coefficient (Wildman–Crippen LogP) is 1.10. The fourth-order valence-electron chi connectivity index (χ4n) is 2.56. The smallest absolute Gasteiger partial charge is 0.191 e. The molecule has 0 spiro atoms. The Morgan fingerprint density at radius 2 is 2.44 bits per heavy atom. The average Bonchev–Trinajstić information content (AvgIpc) is 2.49. The molecule has 0 N–H and O–H groups in total. The number of ether oxygens (including phenoxy) is 2. The van der Waals surface area contributed by atoms with Crippen LogP contribution in [0.1, 0.15) is 19.3 Å². The van der Waals surface area contributed by atoms with E-state index in [1.54, 1.807) is 13.2 Å². The van der Waals surface area contributed by atoms with E-state index in [-0.39, 0.29) is 17.6 Å². The van der Waals surface area contributed by atoms with Crippen LogP contribution in [0.15, 0.2) is 12.2 Å². The van der Waals surface area contributed by atoms with Crippen LogP contribution in [0.5, 0.6) is 0 Å². The minimum absolute atomic E-state index is 0.0371. The van der Waals surface area contributed by atoms with Crippen molar-refractivity contribution in [1.82, 2.24) is 0 Å². The Bertz CT molecular complexity index is 323. The maximum atomic E-state index is 11.4. The first-order valence-electron chi connectivity index (χ1n) is 5.58. The summed E-state index contributed by atoms with van der Waals surface area (Å²) in [5.41, 5.74) is 0. The summed E-state index contributed by atoms with van der Waals surface area (Å²) in [5, 5.41) is 0. The molecule has 1 aliphatic heterocycles. The highest BCUT2D eigenvalue weighted by molar-refractivity contribution is 5.91. The first-order valence-corrected chi connectivity index (χ1v) is 5.58. The number of aldehydes is 1. The van der Waals surface area contributed by atoms with Crippen molar-refractivity contribution in [2.24, 2.45) is 11.8 Å². The Morgan fingerprint density at radius 3 is 3.12 bits per heavy atom. The third-order valence-electron chi connectivity index (χ3n) is 3.46. The lowest BCUT2D eigenvalue weighted by molar-refractivity contribution is -0.223. The summed E-state index contributed by atoms with van der Waals surface area (Å²) in [4.78, 5) is 22.5. The van der Waals surface area contributed by atoms with Crippen LogP contribution in [0.2, 0.25) is 0 Å². The Balaban J connectivity index is 2.36. The maximum absolute atomic E-state index is 11.4. The van der Waals surface area contributed by atoms with Crippen molar-refractivity contribution in [1.29, 1.82) is 0 Å². The van der Waals surface area contributed by atoms with E-state index in [0.717, 1.165) is 19.1 Å². The zero-order valence-corrected chi connectivity index (χ0v) is 9.35. The van der Waals surface area contributed by atoms with Gasteiger partial charge in [-0.25, -0.2) is 0 Å². The zero-order valence-electron chi connectivity index (χ0n) is 9.35. The van der Waals surface area contributed by atoms with Crippen LogP contribution < -0.4 is 0 Å². The topological polar surface area (TPSA) is 52.6 Å². The van der Waals surface area contributed by atoms with E-state index in [0.29, 0.717) is 13.0 Å². The second-order valence-electron chi connectivity index (χ2n) is 4.33. The van der Waals surface area contributed by atoms with Gasteiger partial charge in [-0.3, -0.25) is 4.79 Å². The van der Waals surface area contributed by atoms with Crippen LogP contribution in [0, 0.1) is 11.8 Å². The van der Waals surface area contributed by atoms with Gasteiger partial charge in [-0.05, 0) is 25.0 Å². The monoisotopic (exact) mass is 224 g/mol. The van der Waals surface area contributed by atoms with E-state index < -0.39 is 5.79 Å². The molecule has 0 aromatic rings. The summed E-state index contributed by atoms with van der Waals surface area (Å²) in [6.07, 6.45) is 6.00. The highest BCUT2D eigenvalue weighted by Crippen LogP contribution is 2.40. The van der Waals surface area contributed by atoms with Gasteiger partial charge in [0.2, 0.25) is 0 Å².